The van der Waals surface area contributed by atoms with E-state index in [-0.39, 0.29) is 0 Å². The topological polar surface area (TPSA) is 38.9 Å². The van der Waals surface area contributed by atoms with Gasteiger partial charge in [-0.05, 0) is 50.7 Å². The Bertz CT molecular complexity index is 2830. The fourth-order valence-electron chi connectivity index (χ4n) is 7.29. The van der Waals surface area contributed by atoms with E-state index in [4.69, 9.17) is 14.4 Å². The van der Waals surface area contributed by atoms with Gasteiger partial charge >= 0.3 is 0 Å². The van der Waals surface area contributed by atoms with Gasteiger partial charge in [0.05, 0.1) is 22.9 Å². The van der Waals surface area contributed by atoms with Crippen LogP contribution in [0.25, 0.3) is 99.2 Å². The van der Waals surface area contributed by atoms with E-state index in [1.54, 1.807) is 0 Å². The molecule has 10 rings (SSSR count). The smallest absolute Gasteiger partial charge is 0.143 e. The molecule has 0 atom stereocenters. The van der Waals surface area contributed by atoms with E-state index in [9.17, 15) is 0 Å². The van der Waals surface area contributed by atoms with E-state index in [1.165, 1.54) is 27.5 Å². The van der Waals surface area contributed by atoms with Crippen molar-refractivity contribution in [1.29, 1.82) is 0 Å². The highest BCUT2D eigenvalue weighted by Gasteiger charge is 2.14. The third kappa shape index (κ3) is 4.51. The Morgan fingerprint density at radius 2 is 0.898 bits per heavy atom. The molecule has 0 aliphatic heterocycles. The molecule has 0 fully saturated rings. The van der Waals surface area contributed by atoms with Crippen LogP contribution in [0, 0.1) is 0 Å². The predicted octanol–water partition coefficient (Wildman–Crippen LogP) is 12.5. The van der Waals surface area contributed by atoms with Crippen molar-refractivity contribution in [3.8, 4) is 44.6 Å². The second-order valence-corrected chi connectivity index (χ2v) is 12.6. The van der Waals surface area contributed by atoms with Crippen LogP contribution >= 0.6 is 0 Å². The molecule has 3 nitrogen and oxygen atoms in total. The van der Waals surface area contributed by atoms with Crippen LogP contribution in [-0.4, -0.2) is 9.97 Å². The Labute approximate surface area is 282 Å². The van der Waals surface area contributed by atoms with Gasteiger partial charge in [0, 0.05) is 32.7 Å². The van der Waals surface area contributed by atoms with Gasteiger partial charge in [-0.15, -0.1) is 0 Å². The molecule has 2 aromatic heterocycles. The lowest BCUT2D eigenvalue weighted by molar-refractivity contribution is 0.670. The third-order valence-corrected chi connectivity index (χ3v) is 9.74. The van der Waals surface area contributed by atoms with Crippen molar-refractivity contribution >= 4 is 54.5 Å². The van der Waals surface area contributed by atoms with Crippen molar-refractivity contribution in [2.24, 2.45) is 0 Å². The van der Waals surface area contributed by atoms with Crippen molar-refractivity contribution in [3.63, 3.8) is 0 Å². The molecular formula is C46H28N2O. The summed E-state index contributed by atoms with van der Waals surface area (Å²) in [7, 11) is 0. The van der Waals surface area contributed by atoms with Crippen LogP contribution < -0.4 is 0 Å². The molecule has 3 heteroatoms. The van der Waals surface area contributed by atoms with Gasteiger partial charge in [-0.3, -0.25) is 4.98 Å². The predicted molar refractivity (Wildman–Crippen MR) is 204 cm³/mol. The summed E-state index contributed by atoms with van der Waals surface area (Å²) >= 11 is 0. The van der Waals surface area contributed by atoms with Crippen molar-refractivity contribution in [2.45, 2.75) is 0 Å². The average Bonchev–Trinajstić information content (AvgIpc) is 3.57. The molecule has 49 heavy (non-hydrogen) atoms. The molecule has 2 heterocycles. The molecule has 0 aliphatic rings. The highest BCUT2D eigenvalue weighted by Crippen LogP contribution is 2.37. The van der Waals surface area contributed by atoms with Crippen molar-refractivity contribution in [3.05, 3.63) is 170 Å². The highest BCUT2D eigenvalue weighted by atomic mass is 16.3. The lowest BCUT2D eigenvalue weighted by Gasteiger charge is -2.11. The molecule has 0 spiro atoms. The van der Waals surface area contributed by atoms with Crippen LogP contribution in [0.5, 0.6) is 0 Å². The summed E-state index contributed by atoms with van der Waals surface area (Å²) in [6.45, 7) is 0. The average molecular weight is 625 g/mol. The fourth-order valence-corrected chi connectivity index (χ4v) is 7.29. The minimum Gasteiger partial charge on any atom is -0.455 e. The Hall–Kier alpha value is -6.58. The van der Waals surface area contributed by atoms with Crippen LogP contribution in [0.4, 0.5) is 0 Å². The molecule has 0 saturated heterocycles. The van der Waals surface area contributed by atoms with E-state index in [2.05, 4.69) is 152 Å². The number of furan rings is 1. The molecule has 8 aromatic carbocycles. The molecule has 228 valence electrons. The van der Waals surface area contributed by atoms with Gasteiger partial charge in [0.15, 0.2) is 0 Å². The monoisotopic (exact) mass is 624 g/mol. The van der Waals surface area contributed by atoms with Crippen LogP contribution in [-0.2, 0) is 0 Å². The van der Waals surface area contributed by atoms with Crippen LogP contribution in [0.15, 0.2) is 174 Å². The molecule has 10 aromatic rings. The first-order valence-corrected chi connectivity index (χ1v) is 16.6. The first-order valence-electron chi connectivity index (χ1n) is 16.6. The maximum absolute atomic E-state index is 6.30. The lowest BCUT2D eigenvalue weighted by atomic mass is 9.96. The number of rotatable bonds is 4. The number of aromatic nitrogens is 2. The number of nitrogens with zero attached hydrogens (tertiary/aromatic N) is 2. The van der Waals surface area contributed by atoms with Gasteiger partial charge in [-0.1, -0.05) is 152 Å². The zero-order valence-electron chi connectivity index (χ0n) is 26.5. The summed E-state index contributed by atoms with van der Waals surface area (Å²) in [6, 6.07) is 57.7. The summed E-state index contributed by atoms with van der Waals surface area (Å²) in [5, 5.41) is 6.95. The maximum Gasteiger partial charge on any atom is 0.143 e. The van der Waals surface area contributed by atoms with E-state index < -0.39 is 0 Å². The molecule has 0 radical (unpaired) electrons. The van der Waals surface area contributed by atoms with Crippen LogP contribution in [0.2, 0.25) is 0 Å². The van der Waals surface area contributed by atoms with Crippen molar-refractivity contribution in [1.82, 2.24) is 9.97 Å². The summed E-state index contributed by atoms with van der Waals surface area (Å²) in [5.41, 5.74) is 12.5. The van der Waals surface area contributed by atoms with Gasteiger partial charge in [0.25, 0.3) is 0 Å². The molecule has 0 aliphatic carbocycles. The Balaban J connectivity index is 0.963. The Kier molecular flexibility index (Phi) is 6.18. The van der Waals surface area contributed by atoms with Crippen LogP contribution in [0.3, 0.4) is 0 Å². The second-order valence-electron chi connectivity index (χ2n) is 12.6. The van der Waals surface area contributed by atoms with Crippen LogP contribution in [0.1, 0.15) is 0 Å². The number of hydrogen-bond donors (Lipinski definition) is 0. The summed E-state index contributed by atoms with van der Waals surface area (Å²) in [6.07, 6.45) is 1.90. The van der Waals surface area contributed by atoms with E-state index in [0.29, 0.717) is 0 Å². The Morgan fingerprint density at radius 1 is 0.367 bits per heavy atom. The zero-order valence-corrected chi connectivity index (χ0v) is 26.5. The zero-order chi connectivity index (χ0) is 32.3. The minimum absolute atomic E-state index is 0.867. The molecule has 0 unspecified atom stereocenters. The van der Waals surface area contributed by atoms with E-state index >= 15 is 0 Å². The largest absolute Gasteiger partial charge is 0.455 e. The van der Waals surface area contributed by atoms with Crippen molar-refractivity contribution < 1.29 is 4.42 Å². The molecule has 0 N–H and O–H groups in total. The third-order valence-electron chi connectivity index (χ3n) is 9.74. The summed E-state index contributed by atoms with van der Waals surface area (Å²) < 4.78 is 6.30. The standard InChI is InChI=1S/C46H28N2O/c1-3-14-39-36(11-1)37-12-2-4-15-40(37)45-44(39)47-28-42(48-45)32-25-21-30(22-26-32)34-10-7-9-33(27-34)29-19-23-31(24-20-29)35-16-8-17-41-38-13-5-6-18-43(38)49-46(35)41/h1-28H. The van der Waals surface area contributed by atoms with Gasteiger partial charge in [0.2, 0.25) is 0 Å². The summed E-state index contributed by atoms with van der Waals surface area (Å²) in [5.74, 6) is 0. The first-order chi connectivity index (χ1) is 24.3. The first kappa shape index (κ1) is 27.5. The maximum atomic E-state index is 6.30. The van der Waals surface area contributed by atoms with Gasteiger partial charge in [-0.25, -0.2) is 4.98 Å². The van der Waals surface area contributed by atoms with Gasteiger partial charge < -0.3 is 4.42 Å². The number of fused-ring (bicyclic) bond motifs is 9. The number of hydrogen-bond acceptors (Lipinski definition) is 3. The normalized spacial score (nSPS) is 11.7. The van der Waals surface area contributed by atoms with E-state index in [1.807, 2.05) is 18.3 Å². The van der Waals surface area contributed by atoms with Gasteiger partial charge in [0.1, 0.15) is 11.2 Å². The molecule has 0 bridgehead atoms. The SMILES string of the molecule is c1cc(-c2ccc(-c3cnc4c5ccccc5c5ccccc5c4n3)cc2)cc(-c2ccc(-c3cccc4c3oc3ccccc34)cc2)c1. The molecule has 0 amide bonds. The lowest BCUT2D eigenvalue weighted by Crippen LogP contribution is -1.92. The van der Waals surface area contributed by atoms with Gasteiger partial charge in [-0.2, -0.15) is 0 Å². The fraction of sp³-hybridized carbons (Fsp3) is 0. The highest BCUT2D eigenvalue weighted by molar-refractivity contribution is 6.23. The molecular weight excluding hydrogens is 597 g/mol. The quantitative estimate of drug-likeness (QED) is 0.183. The number of benzene rings is 8. The number of para-hydroxylation sites is 2. The van der Waals surface area contributed by atoms with E-state index in [0.717, 1.165) is 71.7 Å². The molecule has 0 saturated carbocycles. The minimum atomic E-state index is 0.867. The second kappa shape index (κ2) is 11.0. The Morgan fingerprint density at radius 3 is 1.59 bits per heavy atom. The summed E-state index contributed by atoms with van der Waals surface area (Å²) in [4.78, 5) is 10.1. The van der Waals surface area contributed by atoms with Crippen molar-refractivity contribution in [2.75, 3.05) is 0 Å².